The molecule has 0 aliphatic heterocycles. The zero-order chi connectivity index (χ0) is 28.1. The van der Waals surface area contributed by atoms with Crippen molar-refractivity contribution < 1.29 is 35.6 Å². The summed E-state index contributed by atoms with van der Waals surface area (Å²) in [6, 6.07) is 6.43. The molecule has 0 saturated heterocycles. The lowest BCUT2D eigenvalue weighted by Gasteiger charge is -2.32. The molecule has 0 fully saturated rings. The van der Waals surface area contributed by atoms with Crippen molar-refractivity contribution >= 4 is 39.1 Å². The number of rotatable bonds is 10. The van der Waals surface area contributed by atoms with E-state index in [1.54, 1.807) is 0 Å². The number of hydrogen-bond acceptors (Lipinski definition) is 4. The molecule has 0 spiro atoms. The van der Waals surface area contributed by atoms with Gasteiger partial charge in [-0.15, -0.1) is 0 Å². The fraction of sp³-hybridized carbons (Fsp3) is 0.417. The maximum Gasteiger partial charge on any atom is 0.416 e. The molecule has 2 aromatic carbocycles. The minimum Gasteiger partial charge on any atom is -0.354 e. The van der Waals surface area contributed by atoms with E-state index in [1.807, 2.05) is 13.8 Å². The van der Waals surface area contributed by atoms with E-state index >= 15 is 0 Å². The Bertz CT molecular complexity index is 1240. The topological polar surface area (TPSA) is 86.8 Å². The summed E-state index contributed by atoms with van der Waals surface area (Å²) < 4.78 is 79.8. The van der Waals surface area contributed by atoms with Gasteiger partial charge in [-0.3, -0.25) is 13.9 Å². The molecular formula is C24H28ClF4N3O4S. The van der Waals surface area contributed by atoms with Gasteiger partial charge in [-0.2, -0.15) is 13.2 Å². The second-order valence-electron chi connectivity index (χ2n) is 8.86. The fourth-order valence-electron chi connectivity index (χ4n) is 3.32. The van der Waals surface area contributed by atoms with Crippen LogP contribution in [0.2, 0.25) is 5.02 Å². The molecule has 0 bridgehead atoms. The number of carbonyl (C=O) groups excluding carboxylic acids is 2. The Morgan fingerprint density at radius 1 is 1.08 bits per heavy atom. The van der Waals surface area contributed by atoms with Gasteiger partial charge in [-0.1, -0.05) is 43.6 Å². The maximum atomic E-state index is 14.4. The maximum absolute atomic E-state index is 14.4. The van der Waals surface area contributed by atoms with Crippen LogP contribution >= 0.6 is 11.6 Å². The van der Waals surface area contributed by atoms with Crippen LogP contribution in [-0.2, 0) is 32.3 Å². The Labute approximate surface area is 218 Å². The first-order valence-corrected chi connectivity index (χ1v) is 13.4. The summed E-state index contributed by atoms with van der Waals surface area (Å²) in [5.41, 5.74) is -1.67. The summed E-state index contributed by atoms with van der Waals surface area (Å²) in [7, 11) is -4.32. The number of alkyl halides is 3. The molecule has 0 aliphatic rings. The van der Waals surface area contributed by atoms with Crippen molar-refractivity contribution in [3.05, 3.63) is 64.4 Å². The van der Waals surface area contributed by atoms with Crippen LogP contribution in [0.15, 0.2) is 42.5 Å². The van der Waals surface area contributed by atoms with E-state index in [-0.39, 0.29) is 16.5 Å². The molecule has 37 heavy (non-hydrogen) atoms. The normalized spacial score (nSPS) is 12.8. The molecule has 2 rings (SSSR count). The van der Waals surface area contributed by atoms with Gasteiger partial charge in [0.05, 0.1) is 22.5 Å². The van der Waals surface area contributed by atoms with Crippen molar-refractivity contribution in [3.63, 3.8) is 0 Å². The van der Waals surface area contributed by atoms with E-state index in [2.05, 4.69) is 5.32 Å². The van der Waals surface area contributed by atoms with Crippen LogP contribution < -0.4 is 9.62 Å². The molecule has 204 valence electrons. The average molecular weight is 566 g/mol. The SMILES string of the molecule is CC(C)CNC(=O)[C@@H](C)N(Cc1ccccc1F)C(=O)CN(c1cc(C(F)(F)F)ccc1Cl)S(C)(=O)=O. The van der Waals surface area contributed by atoms with Crippen molar-refractivity contribution in [2.45, 2.75) is 39.5 Å². The molecule has 0 saturated carbocycles. The standard InChI is InChI=1S/C24H28ClF4N3O4S/c1-15(2)12-30-23(34)16(3)31(13-17-7-5-6-8-20(17)26)22(33)14-32(37(4,35)36)21-11-18(24(27,28)29)9-10-19(21)25/h5-11,15-16H,12-14H2,1-4H3,(H,30,34)/t16-/m1/s1. The van der Waals surface area contributed by atoms with E-state index in [0.29, 0.717) is 29.2 Å². The van der Waals surface area contributed by atoms with Crippen LogP contribution in [0.4, 0.5) is 23.2 Å². The molecular weight excluding hydrogens is 538 g/mol. The summed E-state index contributed by atoms with van der Waals surface area (Å²) in [6.45, 7) is 4.02. The fourth-order valence-corrected chi connectivity index (χ4v) is 4.44. The molecule has 7 nitrogen and oxygen atoms in total. The third kappa shape index (κ3) is 8.32. The van der Waals surface area contributed by atoms with E-state index in [0.717, 1.165) is 17.0 Å². The number of amides is 2. The molecule has 2 aromatic rings. The third-order valence-corrected chi connectivity index (χ3v) is 6.82. The lowest BCUT2D eigenvalue weighted by Crippen LogP contribution is -2.51. The molecule has 0 radical (unpaired) electrons. The first-order chi connectivity index (χ1) is 17.0. The van der Waals surface area contributed by atoms with Crippen LogP contribution in [0.5, 0.6) is 0 Å². The number of benzene rings is 2. The number of nitrogens with one attached hydrogen (secondary N) is 1. The lowest BCUT2D eigenvalue weighted by molar-refractivity contribution is -0.139. The third-order valence-electron chi connectivity index (χ3n) is 5.37. The lowest BCUT2D eigenvalue weighted by atomic mass is 10.1. The van der Waals surface area contributed by atoms with Crippen LogP contribution in [0, 0.1) is 11.7 Å². The molecule has 13 heteroatoms. The minimum absolute atomic E-state index is 0.0577. The highest BCUT2D eigenvalue weighted by atomic mass is 35.5. The first kappa shape index (κ1) is 30.4. The van der Waals surface area contributed by atoms with Crippen molar-refractivity contribution in [2.75, 3.05) is 23.7 Å². The molecule has 1 atom stereocenters. The quantitative estimate of drug-likeness (QED) is 0.431. The minimum atomic E-state index is -4.80. The number of anilines is 1. The largest absolute Gasteiger partial charge is 0.416 e. The smallest absolute Gasteiger partial charge is 0.354 e. The van der Waals surface area contributed by atoms with Crippen molar-refractivity contribution in [1.29, 1.82) is 0 Å². The zero-order valence-corrected chi connectivity index (χ0v) is 22.2. The number of hydrogen-bond donors (Lipinski definition) is 1. The Morgan fingerprint density at radius 3 is 2.24 bits per heavy atom. The Morgan fingerprint density at radius 2 is 1.70 bits per heavy atom. The van der Waals surface area contributed by atoms with Gasteiger partial charge in [0.1, 0.15) is 18.4 Å². The highest BCUT2D eigenvalue weighted by Crippen LogP contribution is 2.36. The van der Waals surface area contributed by atoms with Crippen LogP contribution in [-0.4, -0.2) is 50.5 Å². The average Bonchev–Trinajstić information content (AvgIpc) is 2.79. The van der Waals surface area contributed by atoms with Gasteiger partial charge < -0.3 is 10.2 Å². The summed E-state index contributed by atoms with van der Waals surface area (Å²) in [5, 5.41) is 2.32. The summed E-state index contributed by atoms with van der Waals surface area (Å²) in [5.74, 6) is -2.08. The van der Waals surface area contributed by atoms with E-state index in [4.69, 9.17) is 11.6 Å². The molecule has 1 N–H and O–H groups in total. The number of carbonyl (C=O) groups is 2. The monoisotopic (exact) mass is 565 g/mol. The van der Waals surface area contributed by atoms with E-state index in [1.165, 1.54) is 25.1 Å². The van der Waals surface area contributed by atoms with Crippen LogP contribution in [0.3, 0.4) is 0 Å². The number of sulfonamides is 1. The molecule has 0 unspecified atom stereocenters. The Kier molecular flexibility index (Phi) is 9.95. The summed E-state index contributed by atoms with van der Waals surface area (Å²) in [4.78, 5) is 27.1. The van der Waals surface area contributed by atoms with Gasteiger partial charge in [0.15, 0.2) is 0 Å². The zero-order valence-electron chi connectivity index (χ0n) is 20.6. The van der Waals surface area contributed by atoms with E-state index < -0.39 is 64.2 Å². The second-order valence-corrected chi connectivity index (χ2v) is 11.2. The van der Waals surface area contributed by atoms with Gasteiger partial charge in [-0.05, 0) is 37.1 Å². The second kappa shape index (κ2) is 12.1. The van der Waals surface area contributed by atoms with Crippen LogP contribution in [0.1, 0.15) is 31.9 Å². The molecule has 2 amide bonds. The van der Waals surface area contributed by atoms with E-state index in [9.17, 15) is 35.6 Å². The summed E-state index contributed by atoms with van der Waals surface area (Å²) >= 11 is 6.03. The van der Waals surface area contributed by atoms with Gasteiger partial charge in [0.2, 0.25) is 21.8 Å². The van der Waals surface area contributed by atoms with Crippen LogP contribution in [0.25, 0.3) is 0 Å². The Hall–Kier alpha value is -2.86. The van der Waals surface area contributed by atoms with Gasteiger partial charge in [0.25, 0.3) is 0 Å². The number of nitrogens with zero attached hydrogens (tertiary/aromatic N) is 2. The molecule has 0 aliphatic carbocycles. The highest BCUT2D eigenvalue weighted by molar-refractivity contribution is 7.92. The molecule has 0 heterocycles. The predicted molar refractivity (Wildman–Crippen MR) is 133 cm³/mol. The number of halogens is 5. The molecule has 0 aromatic heterocycles. The van der Waals surface area contributed by atoms with Gasteiger partial charge in [-0.25, -0.2) is 12.8 Å². The summed E-state index contributed by atoms with van der Waals surface area (Å²) in [6.07, 6.45) is -4.09. The highest BCUT2D eigenvalue weighted by Gasteiger charge is 2.34. The van der Waals surface area contributed by atoms with Crippen molar-refractivity contribution in [1.82, 2.24) is 10.2 Å². The predicted octanol–water partition coefficient (Wildman–Crippen LogP) is 4.45. The first-order valence-electron chi connectivity index (χ1n) is 11.2. The van der Waals surface area contributed by atoms with Gasteiger partial charge in [0, 0.05) is 18.7 Å². The van der Waals surface area contributed by atoms with Crippen molar-refractivity contribution in [2.24, 2.45) is 5.92 Å². The van der Waals surface area contributed by atoms with Crippen molar-refractivity contribution in [3.8, 4) is 0 Å². The Balaban J connectivity index is 2.49. The van der Waals surface area contributed by atoms with Gasteiger partial charge >= 0.3 is 6.18 Å².